The average molecular weight is 495 g/mol. The van der Waals surface area contributed by atoms with E-state index in [1.807, 2.05) is 5.32 Å². The van der Waals surface area contributed by atoms with Gasteiger partial charge in [-0.25, -0.2) is 18.4 Å². The molecule has 1 fully saturated rings. The number of imide groups is 1. The molecule has 1 aromatic rings. The first-order chi connectivity index (χ1) is 16.1. The van der Waals surface area contributed by atoms with Crippen LogP contribution in [0.1, 0.15) is 61.3 Å². The standard InChI is InChI=1S/C23H27F2N3O7/c1-21(2,3)34-20(33)27-11-9-23(10-12-27,18(31)26-13-22(4,24)25)19(32)35-28-16(29)14-7-5-6-8-15(14)17(28)30/h5-8H,9-13H2,1-4H3,(H,26,31). The highest BCUT2D eigenvalue weighted by Crippen LogP contribution is 2.36. The van der Waals surface area contributed by atoms with Crippen LogP contribution < -0.4 is 5.32 Å². The van der Waals surface area contributed by atoms with Crippen molar-refractivity contribution in [2.45, 2.75) is 52.1 Å². The van der Waals surface area contributed by atoms with Crippen molar-refractivity contribution in [1.29, 1.82) is 0 Å². The molecule has 0 atom stereocenters. The van der Waals surface area contributed by atoms with E-state index in [1.54, 1.807) is 20.8 Å². The molecule has 1 aromatic carbocycles. The molecule has 1 N–H and O–H groups in total. The van der Waals surface area contributed by atoms with Gasteiger partial charge < -0.3 is 19.8 Å². The summed E-state index contributed by atoms with van der Waals surface area (Å²) >= 11 is 0. The van der Waals surface area contributed by atoms with Gasteiger partial charge in [-0.05, 0) is 45.7 Å². The lowest BCUT2D eigenvalue weighted by Gasteiger charge is -2.39. The van der Waals surface area contributed by atoms with Gasteiger partial charge in [0.2, 0.25) is 5.91 Å². The maximum absolute atomic E-state index is 13.4. The van der Waals surface area contributed by atoms with Gasteiger partial charge in [0.25, 0.3) is 17.7 Å². The van der Waals surface area contributed by atoms with Crippen LogP contribution in [0.25, 0.3) is 0 Å². The van der Waals surface area contributed by atoms with E-state index in [4.69, 9.17) is 9.57 Å². The zero-order valence-electron chi connectivity index (χ0n) is 19.9. The normalized spacial score (nSPS) is 17.7. The third kappa shape index (κ3) is 5.57. The summed E-state index contributed by atoms with van der Waals surface area (Å²) in [6.07, 6.45) is -1.26. The van der Waals surface area contributed by atoms with Crippen LogP contribution in [-0.4, -0.2) is 70.9 Å². The first-order valence-corrected chi connectivity index (χ1v) is 11.0. The average Bonchev–Trinajstić information content (AvgIpc) is 3.01. The van der Waals surface area contributed by atoms with E-state index in [9.17, 15) is 32.8 Å². The van der Waals surface area contributed by atoms with Crippen molar-refractivity contribution in [3.63, 3.8) is 0 Å². The first kappa shape index (κ1) is 26.0. The largest absolute Gasteiger partial charge is 0.444 e. The van der Waals surface area contributed by atoms with Crippen LogP contribution >= 0.6 is 0 Å². The number of likely N-dealkylation sites (tertiary alicyclic amines) is 1. The number of ether oxygens (including phenoxy) is 1. The molecule has 2 aliphatic heterocycles. The quantitative estimate of drug-likeness (QED) is 0.492. The van der Waals surface area contributed by atoms with Crippen molar-refractivity contribution in [1.82, 2.24) is 15.3 Å². The summed E-state index contributed by atoms with van der Waals surface area (Å²) in [6, 6.07) is 5.83. The van der Waals surface area contributed by atoms with Gasteiger partial charge in [-0.2, -0.15) is 0 Å². The van der Waals surface area contributed by atoms with E-state index in [-0.39, 0.29) is 42.1 Å². The Morgan fingerprint density at radius 1 is 1.00 bits per heavy atom. The van der Waals surface area contributed by atoms with Crippen LogP contribution in [0.2, 0.25) is 0 Å². The minimum Gasteiger partial charge on any atom is -0.444 e. The van der Waals surface area contributed by atoms with Gasteiger partial charge in [0.15, 0.2) is 5.41 Å². The van der Waals surface area contributed by atoms with Gasteiger partial charge in [0, 0.05) is 20.0 Å². The number of fused-ring (bicyclic) bond motifs is 1. The van der Waals surface area contributed by atoms with Gasteiger partial charge in [-0.1, -0.05) is 17.2 Å². The molecule has 0 spiro atoms. The number of carbonyl (C=O) groups excluding carboxylic acids is 5. The SMILES string of the molecule is CC(F)(F)CNC(=O)C1(C(=O)ON2C(=O)c3ccccc3C2=O)CCN(C(=O)OC(C)(C)C)CC1. The second kappa shape index (κ2) is 9.23. The van der Waals surface area contributed by atoms with Crippen molar-refractivity contribution in [2.75, 3.05) is 19.6 Å². The van der Waals surface area contributed by atoms with Crippen molar-refractivity contribution in [2.24, 2.45) is 5.41 Å². The van der Waals surface area contributed by atoms with Gasteiger partial charge in [0.1, 0.15) is 5.60 Å². The predicted octanol–water partition coefficient (Wildman–Crippen LogP) is 2.53. The molecule has 4 amide bonds. The summed E-state index contributed by atoms with van der Waals surface area (Å²) in [5.41, 5.74) is -2.75. The Bertz CT molecular complexity index is 1020. The molecule has 0 radical (unpaired) electrons. The van der Waals surface area contributed by atoms with Crippen molar-refractivity contribution in [3.05, 3.63) is 35.4 Å². The van der Waals surface area contributed by atoms with E-state index in [1.165, 1.54) is 29.2 Å². The molecule has 3 rings (SSSR count). The Labute approximate surface area is 200 Å². The lowest BCUT2D eigenvalue weighted by Crippen LogP contribution is -2.57. The number of hydrogen-bond donors (Lipinski definition) is 1. The van der Waals surface area contributed by atoms with Crippen LogP contribution in [0.4, 0.5) is 13.6 Å². The molecule has 2 aliphatic rings. The van der Waals surface area contributed by atoms with E-state index in [0.717, 1.165) is 0 Å². The molecule has 0 bridgehead atoms. The van der Waals surface area contributed by atoms with Crippen molar-refractivity contribution >= 4 is 29.8 Å². The molecule has 12 heteroatoms. The predicted molar refractivity (Wildman–Crippen MR) is 116 cm³/mol. The lowest BCUT2D eigenvalue weighted by molar-refractivity contribution is -0.186. The molecule has 0 saturated carbocycles. The second-order valence-corrected chi connectivity index (χ2v) is 9.63. The number of hydrogen-bond acceptors (Lipinski definition) is 7. The maximum Gasteiger partial charge on any atom is 0.410 e. The van der Waals surface area contributed by atoms with Crippen LogP contribution in [0.15, 0.2) is 24.3 Å². The number of piperidine rings is 1. The fourth-order valence-corrected chi connectivity index (χ4v) is 3.75. The highest BCUT2D eigenvalue weighted by molar-refractivity contribution is 6.21. The van der Waals surface area contributed by atoms with Gasteiger partial charge >= 0.3 is 12.1 Å². The summed E-state index contributed by atoms with van der Waals surface area (Å²) < 4.78 is 32.1. The van der Waals surface area contributed by atoms with Crippen molar-refractivity contribution < 1.29 is 42.3 Å². The van der Waals surface area contributed by atoms with Gasteiger partial charge in [-0.3, -0.25) is 14.4 Å². The molecule has 0 aliphatic carbocycles. The van der Waals surface area contributed by atoms with Crippen LogP contribution in [-0.2, 0) is 19.2 Å². The number of halogens is 2. The van der Waals surface area contributed by atoms with Crippen molar-refractivity contribution in [3.8, 4) is 0 Å². The Morgan fingerprint density at radius 2 is 1.51 bits per heavy atom. The Morgan fingerprint density at radius 3 is 1.97 bits per heavy atom. The zero-order chi connectivity index (χ0) is 26.2. The number of carbonyl (C=O) groups is 5. The summed E-state index contributed by atoms with van der Waals surface area (Å²) in [6.45, 7) is 4.35. The summed E-state index contributed by atoms with van der Waals surface area (Å²) in [5, 5.41) is 2.31. The van der Waals surface area contributed by atoms with E-state index in [0.29, 0.717) is 6.92 Å². The van der Waals surface area contributed by atoms with E-state index >= 15 is 0 Å². The molecular formula is C23H27F2N3O7. The summed E-state index contributed by atoms with van der Waals surface area (Å²) in [7, 11) is 0. The third-order valence-electron chi connectivity index (χ3n) is 5.58. The first-order valence-electron chi connectivity index (χ1n) is 11.0. The Kier molecular flexibility index (Phi) is 6.87. The van der Waals surface area contributed by atoms with E-state index in [2.05, 4.69) is 0 Å². The van der Waals surface area contributed by atoms with Gasteiger partial charge in [-0.15, -0.1) is 0 Å². The summed E-state index contributed by atoms with van der Waals surface area (Å²) in [4.78, 5) is 70.2. The molecule has 35 heavy (non-hydrogen) atoms. The topological polar surface area (TPSA) is 122 Å². The highest BCUT2D eigenvalue weighted by Gasteiger charge is 2.53. The second-order valence-electron chi connectivity index (χ2n) is 9.63. The zero-order valence-corrected chi connectivity index (χ0v) is 19.9. The molecule has 0 aromatic heterocycles. The maximum atomic E-state index is 13.4. The number of benzene rings is 1. The van der Waals surface area contributed by atoms with E-state index < -0.39 is 53.3 Å². The third-order valence-corrected chi connectivity index (χ3v) is 5.58. The number of nitrogens with zero attached hydrogens (tertiary/aromatic N) is 2. The molecule has 0 unspecified atom stereocenters. The fourth-order valence-electron chi connectivity index (χ4n) is 3.75. The number of nitrogens with one attached hydrogen (secondary N) is 1. The van der Waals surface area contributed by atoms with Crippen LogP contribution in [0.3, 0.4) is 0 Å². The Hall–Kier alpha value is -3.57. The molecule has 10 nitrogen and oxygen atoms in total. The minimum absolute atomic E-state index is 0.0224. The smallest absolute Gasteiger partial charge is 0.410 e. The highest BCUT2D eigenvalue weighted by atomic mass is 19.3. The number of alkyl halides is 2. The molecule has 1 saturated heterocycles. The molecule has 190 valence electrons. The monoisotopic (exact) mass is 495 g/mol. The lowest BCUT2D eigenvalue weighted by atomic mass is 9.77. The number of rotatable bonds is 5. The number of amides is 4. The Balaban J connectivity index is 1.81. The molecule has 2 heterocycles. The number of hydroxylamine groups is 2. The minimum atomic E-state index is -3.25. The van der Waals surface area contributed by atoms with Gasteiger partial charge in [0.05, 0.1) is 17.7 Å². The molecular weight excluding hydrogens is 468 g/mol. The van der Waals surface area contributed by atoms with Crippen LogP contribution in [0, 0.1) is 5.41 Å². The fraction of sp³-hybridized carbons (Fsp3) is 0.522. The van der Waals surface area contributed by atoms with Crippen LogP contribution in [0.5, 0.6) is 0 Å². The summed E-state index contributed by atoms with van der Waals surface area (Å²) in [5.74, 6) is -7.33.